The van der Waals surface area contributed by atoms with Crippen molar-refractivity contribution in [3.63, 3.8) is 0 Å². The number of aromatic nitrogens is 1. The molecular formula is C17H15NO. The molecule has 2 heteroatoms. The topological polar surface area (TPSA) is 25.0 Å². The molecule has 0 unspecified atom stereocenters. The highest BCUT2D eigenvalue weighted by molar-refractivity contribution is 5.75. The van der Waals surface area contributed by atoms with E-state index < -0.39 is 0 Å². The van der Waals surface area contributed by atoms with Gasteiger partial charge in [0, 0.05) is 23.0 Å². The van der Waals surface area contributed by atoms with Crippen molar-refractivity contribution in [3.8, 4) is 28.1 Å². The normalized spacial score (nSPS) is 10.4. The molecule has 3 rings (SSSR count). The van der Waals surface area contributed by atoms with Gasteiger partial charge in [0.15, 0.2) is 0 Å². The zero-order valence-electron chi connectivity index (χ0n) is 10.8. The van der Waals surface area contributed by atoms with Gasteiger partial charge in [0.1, 0.15) is 5.75 Å². The van der Waals surface area contributed by atoms with Gasteiger partial charge in [-0.25, -0.2) is 0 Å². The molecule has 0 radical (unpaired) electrons. The third-order valence-electron chi connectivity index (χ3n) is 3.19. The minimum atomic E-state index is 0.890. The molecule has 0 bridgehead atoms. The molecule has 0 amide bonds. The zero-order chi connectivity index (χ0) is 13.1. The summed E-state index contributed by atoms with van der Waals surface area (Å²) in [6.07, 6.45) is 2.01. The summed E-state index contributed by atoms with van der Waals surface area (Å²) in [7, 11) is 1.70. The van der Waals surface area contributed by atoms with Gasteiger partial charge in [0.25, 0.3) is 0 Å². The van der Waals surface area contributed by atoms with Crippen molar-refractivity contribution in [3.05, 3.63) is 66.9 Å². The highest BCUT2D eigenvalue weighted by Gasteiger charge is 2.07. The molecule has 1 aromatic heterocycles. The summed E-state index contributed by atoms with van der Waals surface area (Å²) < 4.78 is 5.40. The lowest BCUT2D eigenvalue weighted by atomic mass is 10.1. The highest BCUT2D eigenvalue weighted by atomic mass is 16.5. The predicted octanol–water partition coefficient (Wildman–Crippen LogP) is 4.36. The van der Waals surface area contributed by atoms with Crippen molar-refractivity contribution in [2.75, 3.05) is 7.11 Å². The van der Waals surface area contributed by atoms with Gasteiger partial charge in [-0.1, -0.05) is 48.5 Å². The SMILES string of the molecule is COc1ccccc1-c1c[nH]c(-c2ccccc2)c1. The fourth-order valence-corrected chi connectivity index (χ4v) is 2.22. The summed E-state index contributed by atoms with van der Waals surface area (Å²) >= 11 is 0. The maximum absolute atomic E-state index is 5.40. The second-order valence-corrected chi connectivity index (χ2v) is 4.37. The van der Waals surface area contributed by atoms with Crippen molar-refractivity contribution in [1.29, 1.82) is 0 Å². The van der Waals surface area contributed by atoms with E-state index in [1.165, 1.54) is 5.56 Å². The summed E-state index contributed by atoms with van der Waals surface area (Å²) in [6, 6.07) is 20.5. The van der Waals surface area contributed by atoms with Crippen molar-refractivity contribution in [1.82, 2.24) is 4.98 Å². The van der Waals surface area contributed by atoms with Crippen molar-refractivity contribution in [2.45, 2.75) is 0 Å². The second kappa shape index (κ2) is 5.02. The first kappa shape index (κ1) is 11.6. The Morgan fingerprint density at radius 2 is 1.58 bits per heavy atom. The lowest BCUT2D eigenvalue weighted by Gasteiger charge is -2.05. The average Bonchev–Trinajstić information content (AvgIpc) is 2.98. The largest absolute Gasteiger partial charge is 0.496 e. The van der Waals surface area contributed by atoms with Crippen LogP contribution in [0.2, 0.25) is 0 Å². The van der Waals surface area contributed by atoms with Crippen LogP contribution < -0.4 is 4.74 Å². The Bertz CT molecular complexity index is 670. The quantitative estimate of drug-likeness (QED) is 0.733. The number of methoxy groups -OCH3 is 1. The molecule has 94 valence electrons. The Hall–Kier alpha value is -2.48. The van der Waals surface area contributed by atoms with Crippen LogP contribution in [0.5, 0.6) is 5.75 Å². The van der Waals surface area contributed by atoms with E-state index in [2.05, 4.69) is 29.2 Å². The molecular weight excluding hydrogens is 234 g/mol. The predicted molar refractivity (Wildman–Crippen MR) is 78.2 cm³/mol. The Balaban J connectivity index is 2.02. The number of hydrogen-bond acceptors (Lipinski definition) is 1. The van der Waals surface area contributed by atoms with E-state index >= 15 is 0 Å². The molecule has 0 fully saturated rings. The van der Waals surface area contributed by atoms with Crippen LogP contribution in [0.25, 0.3) is 22.4 Å². The maximum atomic E-state index is 5.40. The molecule has 2 nitrogen and oxygen atoms in total. The molecule has 2 aromatic carbocycles. The molecule has 1 N–H and O–H groups in total. The molecule has 0 saturated carbocycles. The molecule has 1 heterocycles. The van der Waals surface area contributed by atoms with Gasteiger partial charge < -0.3 is 9.72 Å². The molecule has 0 aliphatic carbocycles. The third kappa shape index (κ3) is 2.25. The van der Waals surface area contributed by atoms with Gasteiger partial charge in [-0.3, -0.25) is 0 Å². The Kier molecular flexibility index (Phi) is 3.07. The maximum Gasteiger partial charge on any atom is 0.126 e. The van der Waals surface area contributed by atoms with Crippen LogP contribution >= 0.6 is 0 Å². The van der Waals surface area contributed by atoms with E-state index in [0.29, 0.717) is 0 Å². The lowest BCUT2D eigenvalue weighted by molar-refractivity contribution is 0.416. The summed E-state index contributed by atoms with van der Waals surface area (Å²) in [4.78, 5) is 3.32. The number of ether oxygens (including phenoxy) is 1. The molecule has 19 heavy (non-hydrogen) atoms. The Morgan fingerprint density at radius 3 is 2.37 bits per heavy atom. The number of H-pyrrole nitrogens is 1. The molecule has 0 spiro atoms. The van der Waals surface area contributed by atoms with E-state index in [9.17, 15) is 0 Å². The van der Waals surface area contributed by atoms with Crippen LogP contribution in [-0.4, -0.2) is 12.1 Å². The number of hydrogen-bond donors (Lipinski definition) is 1. The standard InChI is InChI=1S/C17H15NO/c1-19-17-10-6-5-9-15(17)14-11-16(18-12-14)13-7-3-2-4-8-13/h2-12,18H,1H3. The van der Waals surface area contributed by atoms with Crippen molar-refractivity contribution in [2.24, 2.45) is 0 Å². The zero-order valence-corrected chi connectivity index (χ0v) is 10.8. The lowest BCUT2D eigenvalue weighted by Crippen LogP contribution is -1.85. The minimum absolute atomic E-state index is 0.890. The molecule has 3 aromatic rings. The highest BCUT2D eigenvalue weighted by Crippen LogP contribution is 2.32. The van der Waals surface area contributed by atoms with Gasteiger partial charge in [-0.2, -0.15) is 0 Å². The van der Waals surface area contributed by atoms with E-state index in [4.69, 9.17) is 4.74 Å². The summed E-state index contributed by atoms with van der Waals surface area (Å²) in [6.45, 7) is 0. The summed E-state index contributed by atoms with van der Waals surface area (Å²) in [5.74, 6) is 0.890. The molecule has 0 atom stereocenters. The van der Waals surface area contributed by atoms with Gasteiger partial charge in [-0.15, -0.1) is 0 Å². The number of benzene rings is 2. The van der Waals surface area contributed by atoms with Crippen molar-refractivity contribution >= 4 is 0 Å². The Labute approximate surface area is 112 Å². The third-order valence-corrected chi connectivity index (χ3v) is 3.19. The van der Waals surface area contributed by atoms with Crippen LogP contribution in [-0.2, 0) is 0 Å². The number of aromatic amines is 1. The van der Waals surface area contributed by atoms with Crippen LogP contribution in [0.15, 0.2) is 66.9 Å². The number of para-hydroxylation sites is 1. The van der Waals surface area contributed by atoms with Gasteiger partial charge in [-0.05, 0) is 17.7 Å². The van der Waals surface area contributed by atoms with Gasteiger partial charge >= 0.3 is 0 Å². The minimum Gasteiger partial charge on any atom is -0.496 e. The van der Waals surface area contributed by atoms with Crippen LogP contribution in [0, 0.1) is 0 Å². The first-order valence-electron chi connectivity index (χ1n) is 6.26. The second-order valence-electron chi connectivity index (χ2n) is 4.37. The fourth-order valence-electron chi connectivity index (χ4n) is 2.22. The van der Waals surface area contributed by atoms with Gasteiger partial charge in [0.05, 0.1) is 7.11 Å². The van der Waals surface area contributed by atoms with Crippen LogP contribution in [0.1, 0.15) is 0 Å². The fraction of sp³-hybridized carbons (Fsp3) is 0.0588. The molecule has 0 aliphatic heterocycles. The van der Waals surface area contributed by atoms with E-state index in [0.717, 1.165) is 22.6 Å². The Morgan fingerprint density at radius 1 is 0.842 bits per heavy atom. The monoisotopic (exact) mass is 249 g/mol. The van der Waals surface area contributed by atoms with E-state index in [1.807, 2.05) is 42.6 Å². The van der Waals surface area contributed by atoms with Crippen molar-refractivity contribution < 1.29 is 4.74 Å². The molecule has 0 saturated heterocycles. The van der Waals surface area contributed by atoms with Crippen LogP contribution in [0.4, 0.5) is 0 Å². The molecule has 0 aliphatic rings. The van der Waals surface area contributed by atoms with E-state index in [1.54, 1.807) is 7.11 Å². The smallest absolute Gasteiger partial charge is 0.126 e. The number of nitrogens with one attached hydrogen (secondary N) is 1. The summed E-state index contributed by atoms with van der Waals surface area (Å²) in [5, 5.41) is 0. The first-order valence-corrected chi connectivity index (χ1v) is 6.26. The first-order chi connectivity index (χ1) is 9.38. The average molecular weight is 249 g/mol. The van der Waals surface area contributed by atoms with Gasteiger partial charge in [0.2, 0.25) is 0 Å². The summed E-state index contributed by atoms with van der Waals surface area (Å²) in [5.41, 5.74) is 4.53. The van der Waals surface area contributed by atoms with Crippen LogP contribution in [0.3, 0.4) is 0 Å². The number of rotatable bonds is 3. The van der Waals surface area contributed by atoms with E-state index in [-0.39, 0.29) is 0 Å².